The third-order valence-electron chi connectivity index (χ3n) is 6.70. The van der Waals surface area contributed by atoms with E-state index in [-0.39, 0.29) is 24.2 Å². The standard InChI is InChI=1S/C25H21N3O8/c1-3-12-27-21(29)18-19(22(27)30)25(24(32)33,13-14-4-10-17(11-5-14)28(34)35)26-20(18)15-6-8-16(9-7-15)23(31)36-2/h1,4-11,18-20,26H,12-13H2,2H3,(H,32,33). The van der Waals surface area contributed by atoms with Crippen LogP contribution in [0.15, 0.2) is 48.5 Å². The molecule has 2 saturated heterocycles. The van der Waals surface area contributed by atoms with Gasteiger partial charge in [-0.15, -0.1) is 6.42 Å². The number of hydrogen-bond acceptors (Lipinski definition) is 8. The lowest BCUT2D eigenvalue weighted by Gasteiger charge is -2.31. The molecule has 4 unspecified atom stereocenters. The van der Waals surface area contributed by atoms with Crippen molar-refractivity contribution in [2.45, 2.75) is 18.0 Å². The number of non-ortho nitro benzene ring substituents is 1. The number of methoxy groups -OCH3 is 1. The molecule has 2 amide bonds. The number of nitro benzene ring substituents is 1. The number of carboxylic acid groups (broad SMARTS) is 1. The Morgan fingerprint density at radius 2 is 1.81 bits per heavy atom. The number of fused-ring (bicyclic) bond motifs is 1. The van der Waals surface area contributed by atoms with Gasteiger partial charge in [-0.2, -0.15) is 0 Å². The number of likely N-dealkylation sites (tertiary alicyclic amines) is 1. The lowest BCUT2D eigenvalue weighted by molar-refractivity contribution is -0.384. The molecule has 0 radical (unpaired) electrons. The molecular weight excluding hydrogens is 470 g/mol. The largest absolute Gasteiger partial charge is 0.480 e. The molecule has 0 saturated carbocycles. The maximum Gasteiger partial charge on any atom is 0.337 e. The summed E-state index contributed by atoms with van der Waals surface area (Å²) in [7, 11) is 1.24. The molecule has 0 aromatic heterocycles. The molecule has 2 aliphatic heterocycles. The molecule has 2 N–H and O–H groups in total. The number of esters is 1. The average Bonchev–Trinajstić information content (AvgIpc) is 3.34. The number of terminal acetylenes is 1. The van der Waals surface area contributed by atoms with Crippen molar-refractivity contribution in [2.24, 2.45) is 11.8 Å². The van der Waals surface area contributed by atoms with E-state index in [1.807, 2.05) is 0 Å². The fourth-order valence-electron chi connectivity index (χ4n) is 5.03. The van der Waals surface area contributed by atoms with Gasteiger partial charge in [-0.1, -0.05) is 30.2 Å². The highest BCUT2D eigenvalue weighted by molar-refractivity contribution is 6.09. The molecule has 0 aliphatic carbocycles. The summed E-state index contributed by atoms with van der Waals surface area (Å²) in [6, 6.07) is 10.5. The van der Waals surface area contributed by atoms with Crippen molar-refractivity contribution >= 4 is 29.4 Å². The number of nitro groups is 1. The monoisotopic (exact) mass is 491 g/mol. The molecule has 4 atom stereocenters. The number of carboxylic acids is 1. The summed E-state index contributed by atoms with van der Waals surface area (Å²) in [5, 5.41) is 24.4. The summed E-state index contributed by atoms with van der Waals surface area (Å²) >= 11 is 0. The predicted octanol–water partition coefficient (Wildman–Crippen LogP) is 1.33. The molecule has 0 bridgehead atoms. The Balaban J connectivity index is 1.79. The molecule has 2 aromatic carbocycles. The second-order valence-corrected chi connectivity index (χ2v) is 8.58. The van der Waals surface area contributed by atoms with Crippen LogP contribution in [0.4, 0.5) is 5.69 Å². The molecular formula is C25H21N3O8. The molecule has 36 heavy (non-hydrogen) atoms. The molecule has 11 heteroatoms. The zero-order chi connectivity index (χ0) is 26.2. The number of imide groups is 1. The van der Waals surface area contributed by atoms with E-state index in [1.54, 1.807) is 12.1 Å². The number of nitrogens with one attached hydrogen (secondary N) is 1. The maximum absolute atomic E-state index is 13.4. The fraction of sp³-hybridized carbons (Fsp3) is 0.280. The van der Waals surface area contributed by atoms with E-state index in [9.17, 15) is 34.4 Å². The Hall–Kier alpha value is -4.56. The second-order valence-electron chi connectivity index (χ2n) is 8.58. The molecule has 11 nitrogen and oxygen atoms in total. The highest BCUT2D eigenvalue weighted by atomic mass is 16.6. The van der Waals surface area contributed by atoms with Gasteiger partial charge >= 0.3 is 11.9 Å². The van der Waals surface area contributed by atoms with Gasteiger partial charge in [0.25, 0.3) is 5.69 Å². The summed E-state index contributed by atoms with van der Waals surface area (Å²) in [6.07, 6.45) is 5.13. The van der Waals surface area contributed by atoms with Crippen molar-refractivity contribution in [1.82, 2.24) is 10.2 Å². The summed E-state index contributed by atoms with van der Waals surface area (Å²) in [5.74, 6) is -3.29. The highest BCUT2D eigenvalue weighted by Crippen LogP contribution is 2.50. The molecule has 2 aromatic rings. The SMILES string of the molecule is C#CCN1C(=O)C2C(c3ccc(C(=O)OC)cc3)NC(Cc3ccc([N+](=O)[O-])cc3)(C(=O)O)C2C1=O. The van der Waals surface area contributed by atoms with Crippen molar-refractivity contribution in [2.75, 3.05) is 13.7 Å². The maximum atomic E-state index is 13.4. The Kier molecular flexibility index (Phi) is 6.30. The van der Waals surface area contributed by atoms with Gasteiger partial charge < -0.3 is 9.84 Å². The average molecular weight is 491 g/mol. The summed E-state index contributed by atoms with van der Waals surface area (Å²) < 4.78 is 4.70. The van der Waals surface area contributed by atoms with Crippen LogP contribution in [-0.2, 0) is 25.5 Å². The Labute approximate surface area is 205 Å². The minimum Gasteiger partial charge on any atom is -0.480 e. The van der Waals surface area contributed by atoms with E-state index >= 15 is 0 Å². The van der Waals surface area contributed by atoms with Crippen LogP contribution in [0.2, 0.25) is 0 Å². The van der Waals surface area contributed by atoms with Crippen molar-refractivity contribution < 1.29 is 33.9 Å². The number of nitrogens with zero attached hydrogens (tertiary/aromatic N) is 2. The van der Waals surface area contributed by atoms with Gasteiger partial charge in [0, 0.05) is 24.6 Å². The van der Waals surface area contributed by atoms with Crippen LogP contribution in [-0.4, -0.2) is 57.9 Å². The first-order chi connectivity index (χ1) is 17.1. The van der Waals surface area contributed by atoms with E-state index < -0.39 is 52.1 Å². The first kappa shape index (κ1) is 24.6. The van der Waals surface area contributed by atoms with Crippen molar-refractivity contribution in [3.63, 3.8) is 0 Å². The Morgan fingerprint density at radius 1 is 1.17 bits per heavy atom. The number of aliphatic carboxylic acids is 1. The number of hydrogen-bond donors (Lipinski definition) is 2. The lowest BCUT2D eigenvalue weighted by atomic mass is 9.76. The summed E-state index contributed by atoms with van der Waals surface area (Å²) in [4.78, 5) is 62.6. The lowest BCUT2D eigenvalue weighted by Crippen LogP contribution is -2.57. The second kappa shape index (κ2) is 9.24. The van der Waals surface area contributed by atoms with Crippen LogP contribution < -0.4 is 5.32 Å². The van der Waals surface area contributed by atoms with Gasteiger partial charge in [0.15, 0.2) is 0 Å². The number of rotatable bonds is 7. The minimum absolute atomic E-state index is 0.170. The van der Waals surface area contributed by atoms with Gasteiger partial charge in [0.1, 0.15) is 5.54 Å². The fourth-order valence-corrected chi connectivity index (χ4v) is 5.03. The van der Waals surface area contributed by atoms with Gasteiger partial charge in [-0.3, -0.25) is 34.7 Å². The van der Waals surface area contributed by atoms with Crippen LogP contribution in [0, 0.1) is 34.3 Å². The molecule has 0 spiro atoms. The van der Waals surface area contributed by atoms with Crippen LogP contribution in [0.1, 0.15) is 27.5 Å². The number of benzene rings is 2. The summed E-state index contributed by atoms with van der Waals surface area (Å²) in [5.41, 5.74) is -0.896. The number of amides is 2. The molecule has 2 aliphatic rings. The van der Waals surface area contributed by atoms with Gasteiger partial charge in [-0.05, 0) is 23.3 Å². The number of carbonyl (C=O) groups excluding carboxylic acids is 3. The van der Waals surface area contributed by atoms with Crippen LogP contribution in [0.5, 0.6) is 0 Å². The quantitative estimate of drug-likeness (QED) is 0.192. The Morgan fingerprint density at radius 3 is 2.33 bits per heavy atom. The van der Waals surface area contributed by atoms with Crippen molar-refractivity contribution in [3.8, 4) is 12.3 Å². The van der Waals surface area contributed by atoms with E-state index in [4.69, 9.17) is 11.2 Å². The van der Waals surface area contributed by atoms with Crippen LogP contribution >= 0.6 is 0 Å². The van der Waals surface area contributed by atoms with Crippen LogP contribution in [0.25, 0.3) is 0 Å². The van der Waals surface area contributed by atoms with E-state index in [0.29, 0.717) is 11.1 Å². The van der Waals surface area contributed by atoms with E-state index in [0.717, 1.165) is 4.90 Å². The topological polar surface area (TPSA) is 156 Å². The first-order valence-electron chi connectivity index (χ1n) is 10.9. The normalized spacial score (nSPS) is 24.8. The third kappa shape index (κ3) is 3.87. The van der Waals surface area contributed by atoms with Gasteiger partial charge in [0.2, 0.25) is 11.8 Å². The highest BCUT2D eigenvalue weighted by Gasteiger charge is 2.68. The van der Waals surface area contributed by atoms with Crippen molar-refractivity contribution in [1.29, 1.82) is 0 Å². The minimum atomic E-state index is -1.90. The number of ether oxygens (including phenoxy) is 1. The zero-order valence-corrected chi connectivity index (χ0v) is 19.0. The smallest absolute Gasteiger partial charge is 0.337 e. The Bertz CT molecular complexity index is 1300. The van der Waals surface area contributed by atoms with Gasteiger partial charge in [-0.25, -0.2) is 4.79 Å². The van der Waals surface area contributed by atoms with E-state index in [1.165, 1.54) is 43.5 Å². The molecule has 184 valence electrons. The zero-order valence-electron chi connectivity index (χ0n) is 19.0. The third-order valence-corrected chi connectivity index (χ3v) is 6.70. The predicted molar refractivity (Wildman–Crippen MR) is 123 cm³/mol. The van der Waals surface area contributed by atoms with Gasteiger partial charge in [0.05, 0.1) is 36.0 Å². The first-order valence-corrected chi connectivity index (χ1v) is 10.9. The summed E-state index contributed by atoms with van der Waals surface area (Å²) in [6.45, 7) is -0.300. The molecule has 2 heterocycles. The molecule has 2 fully saturated rings. The van der Waals surface area contributed by atoms with Crippen LogP contribution in [0.3, 0.4) is 0 Å². The number of carbonyl (C=O) groups is 4. The van der Waals surface area contributed by atoms with Crippen molar-refractivity contribution in [3.05, 3.63) is 75.3 Å². The van der Waals surface area contributed by atoms with E-state index in [2.05, 4.69) is 11.2 Å². The molecule has 4 rings (SSSR count).